The van der Waals surface area contributed by atoms with E-state index in [2.05, 4.69) is 17.4 Å². The summed E-state index contributed by atoms with van der Waals surface area (Å²) in [6.07, 6.45) is 1.51. The van der Waals surface area contributed by atoms with Gasteiger partial charge in [-0.2, -0.15) is 0 Å². The van der Waals surface area contributed by atoms with Crippen molar-refractivity contribution in [1.82, 2.24) is 4.90 Å². The quantitative estimate of drug-likeness (QED) is 0.895. The number of benzene rings is 2. The first-order valence-corrected chi connectivity index (χ1v) is 9.34. The molecule has 0 bridgehead atoms. The molecule has 2 unspecified atom stereocenters. The van der Waals surface area contributed by atoms with E-state index in [1.807, 2.05) is 36.1 Å². The number of nitrogens with one attached hydrogen (secondary N) is 1. The van der Waals surface area contributed by atoms with Crippen LogP contribution >= 0.6 is 11.6 Å². The van der Waals surface area contributed by atoms with E-state index in [0.717, 1.165) is 18.5 Å². The highest BCUT2D eigenvalue weighted by molar-refractivity contribution is 6.31. The fraction of sp³-hybridized carbons (Fsp3) is 0.333. The molecule has 4 nitrogen and oxygen atoms in total. The van der Waals surface area contributed by atoms with Gasteiger partial charge in [0.05, 0.1) is 11.8 Å². The third-order valence-electron chi connectivity index (χ3n) is 5.41. The summed E-state index contributed by atoms with van der Waals surface area (Å²) in [5, 5.41) is 3.55. The van der Waals surface area contributed by atoms with Gasteiger partial charge in [0.2, 0.25) is 11.8 Å². The molecule has 2 aromatic carbocycles. The first-order chi connectivity index (χ1) is 12.5. The van der Waals surface area contributed by atoms with Gasteiger partial charge >= 0.3 is 0 Å². The Morgan fingerprint density at radius 2 is 1.85 bits per heavy atom. The average molecular weight is 369 g/mol. The summed E-state index contributed by atoms with van der Waals surface area (Å²) in [6.45, 7) is 3.25. The molecular weight excluding hydrogens is 348 g/mol. The predicted molar refractivity (Wildman–Crippen MR) is 102 cm³/mol. The van der Waals surface area contributed by atoms with Crippen molar-refractivity contribution >= 4 is 29.1 Å². The molecular formula is C21H21ClN2O2. The zero-order valence-electron chi connectivity index (χ0n) is 14.7. The fourth-order valence-corrected chi connectivity index (χ4v) is 3.82. The van der Waals surface area contributed by atoms with Gasteiger partial charge in [0.25, 0.3) is 0 Å². The summed E-state index contributed by atoms with van der Waals surface area (Å²) in [4.78, 5) is 27.2. The second kappa shape index (κ2) is 6.76. The molecule has 2 aromatic rings. The van der Waals surface area contributed by atoms with Gasteiger partial charge in [0, 0.05) is 23.8 Å². The molecule has 0 saturated heterocycles. The molecule has 0 spiro atoms. The molecule has 2 aliphatic rings. The van der Waals surface area contributed by atoms with E-state index in [4.69, 9.17) is 11.6 Å². The Kier molecular flexibility index (Phi) is 4.45. The highest BCUT2D eigenvalue weighted by atomic mass is 35.5. The van der Waals surface area contributed by atoms with Crippen molar-refractivity contribution in [2.75, 3.05) is 11.9 Å². The lowest BCUT2D eigenvalue weighted by Gasteiger charge is -2.29. The summed E-state index contributed by atoms with van der Waals surface area (Å²) in [6, 6.07) is 13.7. The standard InChI is InChI=1S/C21H21ClN2O2/c1-13-18(22)7-4-8-19(13)23-20(25)16-11-17(16)21(26)24-10-9-14-5-2-3-6-15(14)12-24/h2-8,16-17H,9-12H2,1H3,(H,23,25). The second-order valence-corrected chi connectivity index (χ2v) is 7.54. The highest BCUT2D eigenvalue weighted by Crippen LogP contribution is 2.42. The highest BCUT2D eigenvalue weighted by Gasteiger charge is 2.49. The van der Waals surface area contributed by atoms with Crippen LogP contribution in [0.4, 0.5) is 5.69 Å². The third kappa shape index (κ3) is 3.21. The van der Waals surface area contributed by atoms with E-state index in [1.165, 1.54) is 11.1 Å². The lowest BCUT2D eigenvalue weighted by atomic mass is 9.99. The first-order valence-electron chi connectivity index (χ1n) is 8.96. The van der Waals surface area contributed by atoms with Crippen LogP contribution in [0.25, 0.3) is 0 Å². The van der Waals surface area contributed by atoms with Gasteiger partial charge in [-0.25, -0.2) is 0 Å². The first kappa shape index (κ1) is 17.1. The minimum absolute atomic E-state index is 0.0915. The number of carbonyl (C=O) groups is 2. The average Bonchev–Trinajstić information content (AvgIpc) is 3.45. The van der Waals surface area contributed by atoms with Gasteiger partial charge in [-0.1, -0.05) is 41.9 Å². The minimum atomic E-state index is -0.238. The molecule has 1 aliphatic heterocycles. The molecule has 4 rings (SSSR count). The van der Waals surface area contributed by atoms with Crippen molar-refractivity contribution in [2.45, 2.75) is 26.3 Å². The normalized spacial score (nSPS) is 21.1. The molecule has 26 heavy (non-hydrogen) atoms. The molecule has 1 heterocycles. The summed E-state index contributed by atoms with van der Waals surface area (Å²) in [7, 11) is 0. The van der Waals surface area contributed by atoms with Gasteiger partial charge < -0.3 is 10.2 Å². The fourth-order valence-electron chi connectivity index (χ4n) is 3.64. The lowest BCUT2D eigenvalue weighted by molar-refractivity contribution is -0.135. The van der Waals surface area contributed by atoms with Crippen molar-refractivity contribution < 1.29 is 9.59 Å². The van der Waals surface area contributed by atoms with Crippen molar-refractivity contribution in [2.24, 2.45) is 11.8 Å². The third-order valence-corrected chi connectivity index (χ3v) is 5.82. The monoisotopic (exact) mass is 368 g/mol. The van der Waals surface area contributed by atoms with Crippen molar-refractivity contribution in [3.63, 3.8) is 0 Å². The Bertz CT molecular complexity index is 880. The lowest BCUT2D eigenvalue weighted by Crippen LogP contribution is -2.37. The summed E-state index contributed by atoms with van der Waals surface area (Å²) >= 11 is 6.10. The van der Waals surface area contributed by atoms with E-state index in [1.54, 1.807) is 6.07 Å². The molecule has 1 saturated carbocycles. The van der Waals surface area contributed by atoms with E-state index in [9.17, 15) is 9.59 Å². The second-order valence-electron chi connectivity index (χ2n) is 7.13. The maximum atomic E-state index is 12.8. The van der Waals surface area contributed by atoms with E-state index in [-0.39, 0.29) is 23.7 Å². The molecule has 134 valence electrons. The van der Waals surface area contributed by atoms with Crippen molar-refractivity contribution in [3.8, 4) is 0 Å². The SMILES string of the molecule is Cc1c(Cl)cccc1NC(=O)C1CC1C(=O)N1CCc2ccccc2C1. The smallest absolute Gasteiger partial charge is 0.228 e. The zero-order chi connectivity index (χ0) is 18.3. The summed E-state index contributed by atoms with van der Waals surface area (Å²) in [5.74, 6) is -0.425. The van der Waals surface area contributed by atoms with Gasteiger partial charge in [0.1, 0.15) is 0 Å². The molecule has 1 N–H and O–H groups in total. The number of rotatable bonds is 3. The van der Waals surface area contributed by atoms with Crippen LogP contribution < -0.4 is 5.32 Å². The Labute approximate surface area is 158 Å². The Morgan fingerprint density at radius 1 is 1.08 bits per heavy atom. The largest absolute Gasteiger partial charge is 0.338 e. The van der Waals surface area contributed by atoms with E-state index in [0.29, 0.717) is 23.7 Å². The van der Waals surface area contributed by atoms with Crippen molar-refractivity contribution in [3.05, 3.63) is 64.2 Å². The number of anilines is 1. The number of fused-ring (bicyclic) bond motifs is 1. The van der Waals surface area contributed by atoms with Crippen LogP contribution in [-0.2, 0) is 22.6 Å². The van der Waals surface area contributed by atoms with Crippen LogP contribution in [0.15, 0.2) is 42.5 Å². The number of hydrogen-bond acceptors (Lipinski definition) is 2. The van der Waals surface area contributed by atoms with E-state index < -0.39 is 0 Å². The van der Waals surface area contributed by atoms with Gasteiger partial charge in [0.15, 0.2) is 0 Å². The Balaban J connectivity index is 1.38. The predicted octanol–water partition coefficient (Wildman–Crippen LogP) is 3.81. The molecule has 0 radical (unpaired) electrons. The van der Waals surface area contributed by atoms with Gasteiger partial charge in [-0.05, 0) is 48.6 Å². The number of nitrogens with zero attached hydrogens (tertiary/aromatic N) is 1. The molecule has 2 atom stereocenters. The van der Waals surface area contributed by atoms with Crippen LogP contribution in [-0.4, -0.2) is 23.3 Å². The minimum Gasteiger partial charge on any atom is -0.338 e. The maximum Gasteiger partial charge on any atom is 0.228 e. The van der Waals surface area contributed by atoms with Gasteiger partial charge in [-0.3, -0.25) is 9.59 Å². The molecule has 1 fully saturated rings. The number of halogens is 1. The Morgan fingerprint density at radius 3 is 2.65 bits per heavy atom. The Hall–Kier alpha value is -2.33. The maximum absolute atomic E-state index is 12.8. The molecule has 5 heteroatoms. The van der Waals surface area contributed by atoms with Crippen LogP contribution in [0.1, 0.15) is 23.1 Å². The summed E-state index contributed by atoms with van der Waals surface area (Å²) in [5.41, 5.74) is 4.09. The summed E-state index contributed by atoms with van der Waals surface area (Å²) < 4.78 is 0. The van der Waals surface area contributed by atoms with Crippen molar-refractivity contribution in [1.29, 1.82) is 0 Å². The van der Waals surface area contributed by atoms with Crippen LogP contribution in [0.3, 0.4) is 0 Å². The number of amides is 2. The number of hydrogen-bond donors (Lipinski definition) is 1. The topological polar surface area (TPSA) is 49.4 Å². The van der Waals surface area contributed by atoms with E-state index >= 15 is 0 Å². The molecule has 0 aromatic heterocycles. The number of carbonyl (C=O) groups excluding carboxylic acids is 2. The van der Waals surface area contributed by atoms with Gasteiger partial charge in [-0.15, -0.1) is 0 Å². The van der Waals surface area contributed by atoms with Crippen LogP contribution in [0.5, 0.6) is 0 Å². The molecule has 2 amide bonds. The zero-order valence-corrected chi connectivity index (χ0v) is 15.4. The van der Waals surface area contributed by atoms with Crippen LogP contribution in [0, 0.1) is 18.8 Å². The van der Waals surface area contributed by atoms with Crippen LogP contribution in [0.2, 0.25) is 5.02 Å². The molecule has 1 aliphatic carbocycles.